The van der Waals surface area contributed by atoms with Crippen molar-refractivity contribution >= 4 is 29.2 Å². The first-order valence-corrected chi connectivity index (χ1v) is 10.5. The summed E-state index contributed by atoms with van der Waals surface area (Å²) >= 11 is 4.65. The van der Waals surface area contributed by atoms with Crippen LogP contribution < -0.4 is 16.1 Å². The lowest BCUT2D eigenvalue weighted by Crippen LogP contribution is -2.57. The van der Waals surface area contributed by atoms with Crippen LogP contribution in [0.15, 0.2) is 47.6 Å². The number of piperazine rings is 1. The summed E-state index contributed by atoms with van der Waals surface area (Å²) in [6.07, 6.45) is 4.21. The van der Waals surface area contributed by atoms with Gasteiger partial charge in [-0.3, -0.25) is 10.3 Å². The highest BCUT2D eigenvalue weighted by molar-refractivity contribution is 7.80. The van der Waals surface area contributed by atoms with Gasteiger partial charge in [-0.05, 0) is 55.7 Å². The van der Waals surface area contributed by atoms with E-state index in [2.05, 4.69) is 39.8 Å². The number of hydrogen-bond acceptors (Lipinski definition) is 4. The van der Waals surface area contributed by atoms with Crippen molar-refractivity contribution in [2.75, 3.05) is 24.5 Å². The summed E-state index contributed by atoms with van der Waals surface area (Å²) < 4.78 is 29.9. The van der Waals surface area contributed by atoms with E-state index in [0.717, 1.165) is 32.4 Å². The number of rotatable bonds is 5. The van der Waals surface area contributed by atoms with Crippen molar-refractivity contribution in [1.29, 1.82) is 0 Å². The maximum atomic E-state index is 15.1. The Labute approximate surface area is 180 Å². The number of nitrogens with two attached hydrogens (primary N) is 1. The van der Waals surface area contributed by atoms with E-state index in [0.29, 0.717) is 18.3 Å². The van der Waals surface area contributed by atoms with Crippen LogP contribution in [0.25, 0.3) is 0 Å². The Kier molecular flexibility index (Phi) is 6.24. The Morgan fingerprint density at radius 2 is 1.97 bits per heavy atom. The molecule has 0 unspecified atom stereocenters. The lowest BCUT2D eigenvalue weighted by Gasteiger charge is -2.45. The minimum Gasteiger partial charge on any atom is -0.375 e. The molecule has 2 aliphatic heterocycles. The first-order chi connectivity index (χ1) is 14.5. The van der Waals surface area contributed by atoms with Crippen LogP contribution in [-0.2, 0) is 6.42 Å². The lowest BCUT2D eigenvalue weighted by molar-refractivity contribution is 0.195. The zero-order valence-corrected chi connectivity index (χ0v) is 17.4. The molecule has 2 atom stereocenters. The maximum Gasteiger partial charge on any atom is 0.184 e. The van der Waals surface area contributed by atoms with Crippen LogP contribution in [0, 0.1) is 11.6 Å². The Morgan fingerprint density at radius 1 is 1.17 bits per heavy atom. The zero-order chi connectivity index (χ0) is 21.1. The van der Waals surface area contributed by atoms with Gasteiger partial charge in [0.1, 0.15) is 0 Å². The second-order valence-corrected chi connectivity index (χ2v) is 8.26. The predicted octanol–water partition coefficient (Wildman–Crippen LogP) is 3.03. The zero-order valence-electron chi connectivity index (χ0n) is 16.6. The van der Waals surface area contributed by atoms with Gasteiger partial charge in [-0.1, -0.05) is 30.3 Å². The molecule has 5 nitrogen and oxygen atoms in total. The molecule has 2 saturated heterocycles. The molecular weight excluding hydrogens is 404 g/mol. The minimum atomic E-state index is -0.923. The predicted molar refractivity (Wildman–Crippen MR) is 120 cm³/mol. The second-order valence-electron chi connectivity index (χ2n) is 7.82. The van der Waals surface area contributed by atoms with Gasteiger partial charge in [-0.25, -0.2) is 8.78 Å². The normalized spacial score (nSPS) is 21.7. The van der Waals surface area contributed by atoms with E-state index >= 15 is 4.39 Å². The smallest absolute Gasteiger partial charge is 0.184 e. The Balaban J connectivity index is 1.62. The molecule has 0 saturated carbocycles. The summed E-state index contributed by atoms with van der Waals surface area (Å²) in [5.41, 5.74) is 9.19. The summed E-state index contributed by atoms with van der Waals surface area (Å²) in [6, 6.07) is 13.8. The third-order valence-electron chi connectivity index (χ3n) is 5.89. The van der Waals surface area contributed by atoms with E-state index in [1.807, 2.05) is 23.1 Å². The highest BCUT2D eigenvalue weighted by Crippen LogP contribution is 2.33. The van der Waals surface area contributed by atoms with Crippen molar-refractivity contribution < 1.29 is 8.78 Å². The first kappa shape index (κ1) is 20.7. The molecule has 4 rings (SSSR count). The second kappa shape index (κ2) is 9.06. The van der Waals surface area contributed by atoms with Gasteiger partial charge in [-0.15, -0.1) is 0 Å². The topological polar surface area (TPSA) is 56.9 Å². The number of hydrazone groups is 1. The molecule has 0 amide bonds. The molecule has 2 aromatic rings. The van der Waals surface area contributed by atoms with E-state index < -0.39 is 11.6 Å². The largest absolute Gasteiger partial charge is 0.375 e. The van der Waals surface area contributed by atoms with Crippen molar-refractivity contribution in [3.8, 4) is 0 Å². The van der Waals surface area contributed by atoms with Gasteiger partial charge < -0.3 is 10.6 Å². The van der Waals surface area contributed by atoms with Crippen LogP contribution in [0.1, 0.15) is 24.0 Å². The molecule has 30 heavy (non-hydrogen) atoms. The summed E-state index contributed by atoms with van der Waals surface area (Å²) in [5.74, 6) is -1.77. The fourth-order valence-corrected chi connectivity index (χ4v) is 4.54. The van der Waals surface area contributed by atoms with Gasteiger partial charge in [-0.2, -0.15) is 5.10 Å². The maximum absolute atomic E-state index is 15.1. The van der Waals surface area contributed by atoms with Crippen molar-refractivity contribution in [2.24, 2.45) is 10.8 Å². The molecule has 158 valence electrons. The molecule has 0 aliphatic carbocycles. The van der Waals surface area contributed by atoms with Gasteiger partial charge in [0, 0.05) is 30.7 Å². The summed E-state index contributed by atoms with van der Waals surface area (Å²) in [7, 11) is 0. The van der Waals surface area contributed by atoms with E-state index in [-0.39, 0.29) is 16.7 Å². The van der Waals surface area contributed by atoms with Gasteiger partial charge in [0.15, 0.2) is 16.7 Å². The summed E-state index contributed by atoms with van der Waals surface area (Å²) in [4.78, 5) is 4.53. The molecule has 0 aromatic heterocycles. The third kappa shape index (κ3) is 4.44. The Morgan fingerprint density at radius 3 is 2.73 bits per heavy atom. The van der Waals surface area contributed by atoms with Crippen LogP contribution in [0.4, 0.5) is 14.5 Å². The molecule has 2 fully saturated rings. The van der Waals surface area contributed by atoms with Crippen LogP contribution in [-0.4, -0.2) is 47.9 Å². The molecule has 0 spiro atoms. The van der Waals surface area contributed by atoms with E-state index in [4.69, 9.17) is 5.73 Å². The van der Waals surface area contributed by atoms with E-state index in [9.17, 15) is 4.39 Å². The quantitative estimate of drug-likeness (QED) is 0.435. The molecule has 8 heteroatoms. The van der Waals surface area contributed by atoms with Crippen LogP contribution in [0.3, 0.4) is 0 Å². The summed E-state index contributed by atoms with van der Waals surface area (Å²) in [6.45, 7) is 2.62. The SMILES string of the molecule is NC(=S)N/N=C/c1ccc(N2C[C@@H]3CCCN3C[C@@H]2Cc2ccccc2)c(F)c1F. The fraction of sp³-hybridized carbons (Fsp3) is 0.364. The molecule has 2 aromatic carbocycles. The van der Waals surface area contributed by atoms with Gasteiger partial charge in [0.2, 0.25) is 0 Å². The first-order valence-electron chi connectivity index (χ1n) is 10.1. The summed E-state index contributed by atoms with van der Waals surface area (Å²) in [5, 5.41) is 3.69. The average Bonchev–Trinajstić information content (AvgIpc) is 3.19. The fourth-order valence-electron chi connectivity index (χ4n) is 4.48. The van der Waals surface area contributed by atoms with E-state index in [1.165, 1.54) is 11.8 Å². The highest BCUT2D eigenvalue weighted by atomic mass is 32.1. The third-order valence-corrected chi connectivity index (χ3v) is 5.98. The van der Waals surface area contributed by atoms with Crippen molar-refractivity contribution in [3.05, 3.63) is 65.2 Å². The molecule has 2 heterocycles. The van der Waals surface area contributed by atoms with Gasteiger partial charge in [0.05, 0.1) is 11.9 Å². The molecule has 0 radical (unpaired) electrons. The highest BCUT2D eigenvalue weighted by Gasteiger charge is 2.37. The average molecular weight is 430 g/mol. The molecule has 3 N–H and O–H groups in total. The van der Waals surface area contributed by atoms with Crippen molar-refractivity contribution in [2.45, 2.75) is 31.3 Å². The Bertz CT molecular complexity index is 937. The van der Waals surface area contributed by atoms with E-state index in [1.54, 1.807) is 12.1 Å². The number of fused-ring (bicyclic) bond motifs is 1. The number of hydrogen-bond donors (Lipinski definition) is 2. The Hall–Kier alpha value is -2.58. The monoisotopic (exact) mass is 429 g/mol. The molecule has 2 aliphatic rings. The number of nitrogens with zero attached hydrogens (tertiary/aromatic N) is 3. The van der Waals surface area contributed by atoms with Crippen molar-refractivity contribution in [3.63, 3.8) is 0 Å². The number of thiocarbonyl (C=S) groups is 1. The number of benzene rings is 2. The number of nitrogens with one attached hydrogen (secondary N) is 1. The number of halogens is 2. The van der Waals surface area contributed by atoms with Gasteiger partial charge >= 0.3 is 0 Å². The van der Waals surface area contributed by atoms with Gasteiger partial charge in [0.25, 0.3) is 0 Å². The van der Waals surface area contributed by atoms with Crippen LogP contribution in [0.5, 0.6) is 0 Å². The minimum absolute atomic E-state index is 0.0399. The van der Waals surface area contributed by atoms with Crippen molar-refractivity contribution in [1.82, 2.24) is 10.3 Å². The molecule has 0 bridgehead atoms. The van der Waals surface area contributed by atoms with Crippen LogP contribution >= 0.6 is 12.2 Å². The standard InChI is InChI=1S/C22H25F2N5S/c23-20-16(12-26-27-22(25)30)8-9-19(21(20)24)29-14-17-7-4-10-28(17)13-18(29)11-15-5-2-1-3-6-15/h1-3,5-6,8-9,12,17-18H,4,7,10-11,13-14H2,(H3,25,27,30)/b26-12+/t17-,18-/m0/s1. The van der Waals surface area contributed by atoms with Crippen LogP contribution in [0.2, 0.25) is 0 Å². The lowest BCUT2D eigenvalue weighted by atomic mass is 9.98. The molecular formula is C22H25F2N5S. The number of anilines is 1.